The number of hydrogen-bond acceptors (Lipinski definition) is 7. The lowest BCUT2D eigenvalue weighted by molar-refractivity contribution is 0.100. The maximum atomic E-state index is 11.1. The van der Waals surface area contributed by atoms with Crippen molar-refractivity contribution in [2.45, 2.75) is 43.9 Å². The Hall–Kier alpha value is -2.53. The highest BCUT2D eigenvalue weighted by atomic mass is 32.2. The smallest absolute Gasteiger partial charge is 0.333 e. The Morgan fingerprint density at radius 3 is 2.90 bits per heavy atom. The zero-order valence-corrected chi connectivity index (χ0v) is 17.7. The van der Waals surface area contributed by atoms with Gasteiger partial charge in [0, 0.05) is 18.2 Å². The fourth-order valence-electron chi connectivity index (χ4n) is 4.92. The Bertz CT molecular complexity index is 1210. The molecule has 0 amide bonds. The van der Waals surface area contributed by atoms with Crippen molar-refractivity contribution in [3.63, 3.8) is 0 Å². The summed E-state index contributed by atoms with van der Waals surface area (Å²) in [5, 5.41) is 19.8. The lowest BCUT2D eigenvalue weighted by Crippen LogP contribution is -2.24. The van der Waals surface area contributed by atoms with Crippen LogP contribution in [0.15, 0.2) is 42.9 Å². The summed E-state index contributed by atoms with van der Waals surface area (Å²) in [5.74, 6) is 0.480. The molecule has 3 aromatic rings. The third-order valence-corrected chi connectivity index (χ3v) is 6.89. The molecule has 0 saturated heterocycles. The monoisotopic (exact) mass is 443 g/mol. The molecule has 2 aliphatic carbocycles. The molecule has 0 bridgehead atoms. The van der Waals surface area contributed by atoms with E-state index in [0.717, 1.165) is 29.7 Å². The van der Waals surface area contributed by atoms with Gasteiger partial charge in [0.25, 0.3) is 0 Å². The number of aliphatic hydroxyl groups excluding tert-OH is 1. The average Bonchev–Trinajstić information content (AvgIpc) is 3.43. The van der Waals surface area contributed by atoms with Crippen LogP contribution in [0.1, 0.15) is 42.5 Å². The third-order valence-electron chi connectivity index (χ3n) is 6.43. The molecule has 1 aromatic carbocycles. The van der Waals surface area contributed by atoms with Gasteiger partial charge in [0.05, 0.1) is 24.1 Å². The first-order chi connectivity index (χ1) is 14.9. The van der Waals surface area contributed by atoms with Crippen LogP contribution in [0.25, 0.3) is 11.0 Å². The number of nitrogens with zero attached hydrogens (tertiary/aromatic N) is 3. The highest BCUT2D eigenvalue weighted by Gasteiger charge is 2.35. The predicted molar refractivity (Wildman–Crippen MR) is 115 cm³/mol. The number of aromatic nitrogens is 3. The van der Waals surface area contributed by atoms with Gasteiger partial charge >= 0.3 is 10.3 Å². The summed E-state index contributed by atoms with van der Waals surface area (Å²) in [7, 11) is -4.03. The molecule has 0 aliphatic heterocycles. The van der Waals surface area contributed by atoms with E-state index in [1.807, 2.05) is 16.8 Å². The van der Waals surface area contributed by atoms with Gasteiger partial charge in [-0.3, -0.25) is 4.18 Å². The van der Waals surface area contributed by atoms with Gasteiger partial charge in [0.2, 0.25) is 0 Å². The summed E-state index contributed by atoms with van der Waals surface area (Å²) in [6.45, 7) is -0.126. The number of anilines is 1. The number of nitrogens with one attached hydrogen (secondary N) is 1. The van der Waals surface area contributed by atoms with Gasteiger partial charge in [-0.25, -0.2) is 15.1 Å². The summed E-state index contributed by atoms with van der Waals surface area (Å²) >= 11 is 0. The van der Waals surface area contributed by atoms with Crippen molar-refractivity contribution in [2.75, 3.05) is 11.9 Å². The Morgan fingerprint density at radius 1 is 1.23 bits per heavy atom. The molecule has 0 spiro atoms. The molecule has 2 aliphatic rings. The van der Waals surface area contributed by atoms with E-state index >= 15 is 0 Å². The van der Waals surface area contributed by atoms with E-state index in [1.54, 1.807) is 6.33 Å². The molecule has 10 heteroatoms. The second kappa shape index (κ2) is 7.86. The molecule has 0 radical (unpaired) electrons. The molecule has 31 heavy (non-hydrogen) atoms. The molecule has 164 valence electrons. The predicted octanol–water partition coefficient (Wildman–Crippen LogP) is 2.06. The van der Waals surface area contributed by atoms with Crippen LogP contribution >= 0.6 is 0 Å². The maximum absolute atomic E-state index is 11.1. The van der Waals surface area contributed by atoms with Crippen LogP contribution in [0.3, 0.4) is 0 Å². The molecular formula is C21H25N5O4S. The molecule has 2 unspecified atom stereocenters. The number of benzene rings is 1. The Kier molecular flexibility index (Phi) is 5.17. The van der Waals surface area contributed by atoms with Crippen molar-refractivity contribution in [2.24, 2.45) is 11.1 Å². The highest BCUT2D eigenvalue weighted by molar-refractivity contribution is 7.84. The molecule has 2 aromatic heterocycles. The number of aliphatic hydroxyl groups is 1. The molecule has 9 nitrogen and oxygen atoms in total. The van der Waals surface area contributed by atoms with E-state index in [4.69, 9.17) is 9.32 Å². The van der Waals surface area contributed by atoms with Crippen LogP contribution in [0.2, 0.25) is 0 Å². The van der Waals surface area contributed by atoms with Gasteiger partial charge in [-0.2, -0.15) is 8.42 Å². The zero-order valence-electron chi connectivity index (χ0n) is 16.9. The van der Waals surface area contributed by atoms with E-state index in [1.165, 1.54) is 11.1 Å². The minimum absolute atomic E-state index is 0.0171. The molecule has 1 saturated carbocycles. The molecule has 2 heterocycles. The van der Waals surface area contributed by atoms with Crippen LogP contribution in [0, 0.1) is 5.92 Å². The van der Waals surface area contributed by atoms with Gasteiger partial charge in [-0.1, -0.05) is 24.3 Å². The van der Waals surface area contributed by atoms with Crippen LogP contribution in [0.5, 0.6) is 0 Å². The standard InChI is InChI=1S/C21H25N5O4S/c22-31(28,29)30-11-14-9-15(10-19(14)27)26-8-7-17-20(23-12-24-21(17)26)25-18-6-5-13-3-1-2-4-16(13)18/h1-4,7-8,12,14-15,18-19,27H,5-6,9-11H2,(H2,22,28,29)(H,23,24,25)/t14?,15-,18?,19+/m1/s1. The third kappa shape index (κ3) is 4.03. The van der Waals surface area contributed by atoms with Crippen LogP contribution in [0.4, 0.5) is 5.82 Å². The minimum atomic E-state index is -4.03. The molecule has 1 fully saturated rings. The van der Waals surface area contributed by atoms with E-state index in [2.05, 4.69) is 39.6 Å². The average molecular weight is 444 g/mol. The van der Waals surface area contributed by atoms with Crippen molar-refractivity contribution >= 4 is 27.2 Å². The van der Waals surface area contributed by atoms with Crippen molar-refractivity contribution < 1.29 is 17.7 Å². The summed E-state index contributed by atoms with van der Waals surface area (Å²) in [6, 6.07) is 10.6. The topological polar surface area (TPSA) is 132 Å². The van der Waals surface area contributed by atoms with Gasteiger partial charge in [0.1, 0.15) is 17.8 Å². The Balaban J connectivity index is 1.37. The lowest BCUT2D eigenvalue weighted by Gasteiger charge is -2.16. The highest BCUT2D eigenvalue weighted by Crippen LogP contribution is 2.39. The first-order valence-electron chi connectivity index (χ1n) is 10.4. The number of nitrogens with two attached hydrogens (primary N) is 1. The van der Waals surface area contributed by atoms with Crippen molar-refractivity contribution in [1.29, 1.82) is 0 Å². The van der Waals surface area contributed by atoms with E-state index in [-0.39, 0.29) is 24.6 Å². The molecule has 4 atom stereocenters. The van der Waals surface area contributed by atoms with Crippen LogP contribution in [-0.4, -0.2) is 40.8 Å². The summed E-state index contributed by atoms with van der Waals surface area (Å²) in [4.78, 5) is 8.97. The SMILES string of the molecule is NS(=O)(=O)OCC1C[C@@H](n2ccc3c(NC4CCc5ccccc54)ncnc32)C[C@@H]1O. The minimum Gasteiger partial charge on any atom is -0.393 e. The summed E-state index contributed by atoms with van der Waals surface area (Å²) in [6.07, 6.45) is 5.96. The largest absolute Gasteiger partial charge is 0.393 e. The first kappa shape index (κ1) is 20.4. The van der Waals surface area contributed by atoms with E-state index < -0.39 is 16.4 Å². The second-order valence-corrected chi connectivity index (χ2v) is 9.57. The van der Waals surface area contributed by atoms with Gasteiger partial charge < -0.3 is 15.0 Å². The normalized spacial score (nSPS) is 25.7. The van der Waals surface area contributed by atoms with E-state index in [9.17, 15) is 13.5 Å². The van der Waals surface area contributed by atoms with Crippen molar-refractivity contribution in [1.82, 2.24) is 14.5 Å². The fourth-order valence-corrected chi connectivity index (χ4v) is 5.28. The van der Waals surface area contributed by atoms with Crippen LogP contribution in [-0.2, 0) is 20.9 Å². The number of hydrogen-bond donors (Lipinski definition) is 3. The van der Waals surface area contributed by atoms with Crippen molar-refractivity contribution in [3.05, 3.63) is 54.0 Å². The number of aryl methyl sites for hydroxylation is 1. The second-order valence-electron chi connectivity index (χ2n) is 8.35. The van der Waals surface area contributed by atoms with E-state index in [0.29, 0.717) is 12.8 Å². The quantitative estimate of drug-likeness (QED) is 0.531. The lowest BCUT2D eigenvalue weighted by atomic mass is 10.1. The number of rotatable bonds is 6. The van der Waals surface area contributed by atoms with Crippen LogP contribution < -0.4 is 10.5 Å². The Labute approximate surface area is 180 Å². The molecule has 5 rings (SSSR count). The first-order valence-corrected chi connectivity index (χ1v) is 11.9. The van der Waals surface area contributed by atoms with Gasteiger partial charge in [0.15, 0.2) is 0 Å². The number of fused-ring (bicyclic) bond motifs is 2. The summed E-state index contributed by atoms with van der Waals surface area (Å²) in [5.41, 5.74) is 3.47. The molecular weight excluding hydrogens is 418 g/mol. The maximum Gasteiger partial charge on any atom is 0.333 e. The fraction of sp³-hybridized carbons (Fsp3) is 0.429. The Morgan fingerprint density at radius 2 is 2.06 bits per heavy atom. The van der Waals surface area contributed by atoms with Crippen molar-refractivity contribution in [3.8, 4) is 0 Å². The summed E-state index contributed by atoms with van der Waals surface area (Å²) < 4.78 is 28.9. The van der Waals surface area contributed by atoms with Gasteiger partial charge in [-0.05, 0) is 42.9 Å². The van der Waals surface area contributed by atoms with Gasteiger partial charge in [-0.15, -0.1) is 0 Å². The zero-order chi connectivity index (χ0) is 21.6. The molecule has 4 N–H and O–H groups in total.